The number of thioether (sulfide) groups is 1. The smallest absolute Gasteiger partial charge is 0.234 e. The van der Waals surface area contributed by atoms with Gasteiger partial charge in [0.2, 0.25) is 5.91 Å². The molecule has 0 saturated heterocycles. The van der Waals surface area contributed by atoms with E-state index in [9.17, 15) is 9.18 Å². The summed E-state index contributed by atoms with van der Waals surface area (Å²) in [5, 5.41) is 12.0. The van der Waals surface area contributed by atoms with E-state index in [1.54, 1.807) is 18.5 Å². The zero-order valence-electron chi connectivity index (χ0n) is 17.1. The molecule has 0 aliphatic rings. The van der Waals surface area contributed by atoms with Crippen LogP contribution in [0, 0.1) is 19.7 Å². The van der Waals surface area contributed by atoms with Crippen molar-refractivity contribution in [2.45, 2.75) is 32.0 Å². The first-order valence-corrected chi connectivity index (χ1v) is 10.6. The van der Waals surface area contributed by atoms with Gasteiger partial charge < -0.3 is 14.6 Å². The summed E-state index contributed by atoms with van der Waals surface area (Å²) in [6, 6.07) is 9.81. The van der Waals surface area contributed by atoms with Crippen LogP contribution < -0.4 is 10.1 Å². The van der Waals surface area contributed by atoms with Crippen molar-refractivity contribution < 1.29 is 13.9 Å². The molecule has 0 radical (unpaired) electrons. The van der Waals surface area contributed by atoms with Gasteiger partial charge in [-0.15, -0.1) is 10.2 Å². The van der Waals surface area contributed by atoms with Crippen LogP contribution in [0.1, 0.15) is 30.0 Å². The Labute approximate surface area is 183 Å². The van der Waals surface area contributed by atoms with Gasteiger partial charge in [-0.2, -0.15) is 0 Å². The van der Waals surface area contributed by atoms with Crippen molar-refractivity contribution in [3.05, 3.63) is 64.2 Å². The van der Waals surface area contributed by atoms with Gasteiger partial charge in [0.15, 0.2) is 17.1 Å². The van der Waals surface area contributed by atoms with Crippen LogP contribution in [0.2, 0.25) is 5.02 Å². The lowest BCUT2D eigenvalue weighted by molar-refractivity contribution is -0.113. The average Bonchev–Trinajstić information content (AvgIpc) is 3.05. The minimum absolute atomic E-state index is 0.126. The Bertz CT molecular complexity index is 1070. The van der Waals surface area contributed by atoms with E-state index in [0.29, 0.717) is 16.7 Å². The van der Waals surface area contributed by atoms with Gasteiger partial charge in [-0.3, -0.25) is 4.79 Å². The number of carbonyl (C=O) groups excluding carboxylic acids is 1. The van der Waals surface area contributed by atoms with Crippen molar-refractivity contribution in [3.8, 4) is 5.75 Å². The highest BCUT2D eigenvalue weighted by Crippen LogP contribution is 2.30. The summed E-state index contributed by atoms with van der Waals surface area (Å²) in [6.45, 7) is 5.76. The van der Waals surface area contributed by atoms with E-state index in [1.807, 2.05) is 32.0 Å². The number of hydrogen-bond donors (Lipinski definition) is 1. The van der Waals surface area contributed by atoms with Crippen molar-refractivity contribution in [2.24, 2.45) is 7.05 Å². The first-order chi connectivity index (χ1) is 14.2. The van der Waals surface area contributed by atoms with Crippen LogP contribution >= 0.6 is 23.4 Å². The van der Waals surface area contributed by atoms with E-state index in [-0.39, 0.29) is 16.7 Å². The lowest BCUT2D eigenvalue weighted by Gasteiger charge is -2.15. The number of nitrogens with one attached hydrogen (secondary N) is 1. The van der Waals surface area contributed by atoms with Gasteiger partial charge in [0.1, 0.15) is 11.6 Å². The Balaban J connectivity index is 1.61. The zero-order valence-corrected chi connectivity index (χ0v) is 18.6. The topological polar surface area (TPSA) is 69.0 Å². The SMILES string of the molecule is Cc1ccc(NC(=O)CSc2nnc(C(C)Oc3ccc(F)cc3Cl)n2C)c(C)c1. The molecule has 6 nitrogen and oxygen atoms in total. The number of nitrogens with zero attached hydrogens (tertiary/aromatic N) is 3. The van der Waals surface area contributed by atoms with Gasteiger partial charge in [-0.1, -0.05) is 41.1 Å². The van der Waals surface area contributed by atoms with Gasteiger partial charge >= 0.3 is 0 Å². The fourth-order valence-corrected chi connectivity index (χ4v) is 3.82. The number of anilines is 1. The maximum absolute atomic E-state index is 13.2. The van der Waals surface area contributed by atoms with E-state index in [0.717, 1.165) is 16.8 Å². The number of ether oxygens (including phenoxy) is 1. The predicted molar refractivity (Wildman–Crippen MR) is 117 cm³/mol. The fourth-order valence-electron chi connectivity index (χ4n) is 2.89. The number of halogens is 2. The van der Waals surface area contributed by atoms with Gasteiger partial charge in [-0.05, 0) is 50.6 Å². The molecular formula is C21H22ClFN4O2S. The molecule has 2 aromatic carbocycles. The number of hydrogen-bond acceptors (Lipinski definition) is 5. The Morgan fingerprint density at radius 3 is 2.73 bits per heavy atom. The molecule has 1 unspecified atom stereocenters. The maximum Gasteiger partial charge on any atom is 0.234 e. The minimum atomic E-state index is -0.469. The summed E-state index contributed by atoms with van der Waals surface area (Å²) >= 11 is 7.30. The normalized spacial score (nSPS) is 11.9. The number of aromatic nitrogens is 3. The first-order valence-electron chi connectivity index (χ1n) is 9.25. The quantitative estimate of drug-likeness (QED) is 0.509. The molecule has 9 heteroatoms. The van der Waals surface area contributed by atoms with Crippen LogP contribution in [0.15, 0.2) is 41.6 Å². The summed E-state index contributed by atoms with van der Waals surface area (Å²) in [5.41, 5.74) is 2.95. The molecule has 0 bridgehead atoms. The number of rotatable bonds is 7. The summed E-state index contributed by atoms with van der Waals surface area (Å²) in [6.07, 6.45) is -0.469. The lowest BCUT2D eigenvalue weighted by atomic mass is 10.1. The van der Waals surface area contributed by atoms with E-state index in [1.165, 1.54) is 30.0 Å². The molecule has 0 aliphatic heterocycles. The third-order valence-corrected chi connectivity index (χ3v) is 5.73. The Morgan fingerprint density at radius 2 is 2.03 bits per heavy atom. The molecule has 0 spiro atoms. The van der Waals surface area contributed by atoms with Crippen molar-refractivity contribution in [2.75, 3.05) is 11.1 Å². The minimum Gasteiger partial charge on any atom is -0.481 e. The Kier molecular flexibility index (Phi) is 6.99. The molecule has 1 atom stereocenters. The van der Waals surface area contributed by atoms with E-state index < -0.39 is 11.9 Å². The highest BCUT2D eigenvalue weighted by atomic mass is 35.5. The molecule has 1 N–H and O–H groups in total. The van der Waals surface area contributed by atoms with Crippen LogP contribution in [0.5, 0.6) is 5.75 Å². The highest BCUT2D eigenvalue weighted by Gasteiger charge is 2.19. The van der Waals surface area contributed by atoms with Crippen LogP contribution in [0.25, 0.3) is 0 Å². The van der Waals surface area contributed by atoms with Crippen molar-refractivity contribution in [1.29, 1.82) is 0 Å². The van der Waals surface area contributed by atoms with E-state index in [4.69, 9.17) is 16.3 Å². The van der Waals surface area contributed by atoms with E-state index in [2.05, 4.69) is 15.5 Å². The Hall–Kier alpha value is -2.58. The largest absolute Gasteiger partial charge is 0.481 e. The molecular weight excluding hydrogens is 427 g/mol. The van der Waals surface area contributed by atoms with Crippen molar-refractivity contribution in [1.82, 2.24) is 14.8 Å². The molecule has 1 heterocycles. The fraction of sp³-hybridized carbons (Fsp3) is 0.286. The van der Waals surface area contributed by atoms with Crippen LogP contribution in [-0.2, 0) is 11.8 Å². The number of carbonyl (C=O) groups is 1. The lowest BCUT2D eigenvalue weighted by Crippen LogP contribution is -2.15. The summed E-state index contributed by atoms with van der Waals surface area (Å²) in [5.74, 6) is 0.553. The number of benzene rings is 2. The van der Waals surface area contributed by atoms with Gasteiger partial charge in [0, 0.05) is 12.7 Å². The van der Waals surface area contributed by atoms with Crippen molar-refractivity contribution >= 4 is 35.0 Å². The molecule has 1 amide bonds. The summed E-state index contributed by atoms with van der Waals surface area (Å²) in [7, 11) is 1.80. The van der Waals surface area contributed by atoms with Gasteiger partial charge in [0.05, 0.1) is 10.8 Å². The molecule has 1 aromatic heterocycles. The molecule has 3 aromatic rings. The highest BCUT2D eigenvalue weighted by molar-refractivity contribution is 7.99. The average molecular weight is 449 g/mol. The molecule has 0 fully saturated rings. The second kappa shape index (κ2) is 9.49. The Morgan fingerprint density at radius 1 is 1.27 bits per heavy atom. The third-order valence-electron chi connectivity index (χ3n) is 4.42. The van der Waals surface area contributed by atoms with E-state index >= 15 is 0 Å². The zero-order chi connectivity index (χ0) is 21.8. The standard InChI is InChI=1S/C21H22ClFN4O2S/c1-12-5-7-17(13(2)9-12)24-19(28)11-30-21-26-25-20(27(21)4)14(3)29-18-8-6-15(23)10-16(18)22/h5-10,14H,11H2,1-4H3,(H,24,28). The number of amides is 1. The number of aryl methyl sites for hydroxylation is 2. The predicted octanol–water partition coefficient (Wildman–Crippen LogP) is 5.10. The summed E-state index contributed by atoms with van der Waals surface area (Å²) < 4.78 is 20.8. The third kappa shape index (κ3) is 5.31. The second-order valence-corrected chi connectivity index (χ2v) is 8.24. The van der Waals surface area contributed by atoms with Crippen LogP contribution in [-0.4, -0.2) is 26.4 Å². The van der Waals surface area contributed by atoms with Crippen LogP contribution in [0.4, 0.5) is 10.1 Å². The van der Waals surface area contributed by atoms with Crippen molar-refractivity contribution in [3.63, 3.8) is 0 Å². The maximum atomic E-state index is 13.2. The second-order valence-electron chi connectivity index (χ2n) is 6.89. The van der Waals surface area contributed by atoms with Gasteiger partial charge in [-0.25, -0.2) is 4.39 Å². The van der Waals surface area contributed by atoms with Gasteiger partial charge in [0.25, 0.3) is 0 Å². The molecule has 0 saturated carbocycles. The molecule has 30 heavy (non-hydrogen) atoms. The summed E-state index contributed by atoms with van der Waals surface area (Å²) in [4.78, 5) is 12.3. The molecule has 0 aliphatic carbocycles. The molecule has 3 rings (SSSR count). The van der Waals surface area contributed by atoms with Crippen LogP contribution in [0.3, 0.4) is 0 Å². The molecule has 158 valence electrons. The first kappa shape index (κ1) is 22.1. The monoisotopic (exact) mass is 448 g/mol.